The van der Waals surface area contributed by atoms with Crippen LogP contribution in [0.3, 0.4) is 0 Å². The smallest absolute Gasteiger partial charge is 0.226 e. The molecule has 2 aliphatic heterocycles. The number of nitrogens with zero attached hydrogens (tertiary/aromatic N) is 2. The van der Waals surface area contributed by atoms with Gasteiger partial charge in [0, 0.05) is 38.6 Å². The van der Waals surface area contributed by atoms with E-state index >= 15 is 0 Å². The van der Waals surface area contributed by atoms with Crippen molar-refractivity contribution in [3.63, 3.8) is 0 Å². The zero-order valence-electron chi connectivity index (χ0n) is 12.8. The SMILES string of the molecule is O=C(NCc1cccnc1)[C@@H]1C[C@H]2CN(CC3CC3)C[C@H]1O2. The average Bonchev–Trinajstić information content (AvgIpc) is 3.29. The molecule has 1 N–H and O–H groups in total. The minimum absolute atomic E-state index is 0.00544. The van der Waals surface area contributed by atoms with E-state index in [0.29, 0.717) is 6.54 Å². The van der Waals surface area contributed by atoms with Gasteiger partial charge in [-0.05, 0) is 36.8 Å². The lowest BCUT2D eigenvalue weighted by molar-refractivity contribution is -0.128. The summed E-state index contributed by atoms with van der Waals surface area (Å²) < 4.78 is 6.00. The van der Waals surface area contributed by atoms with Crippen molar-refractivity contribution in [2.24, 2.45) is 11.8 Å². The Kier molecular flexibility index (Phi) is 3.84. The summed E-state index contributed by atoms with van der Waals surface area (Å²) in [4.78, 5) is 19.1. The van der Waals surface area contributed by atoms with Crippen LogP contribution in [0.4, 0.5) is 0 Å². The number of carbonyl (C=O) groups excluding carboxylic acids is 1. The number of ether oxygens (including phenoxy) is 1. The summed E-state index contributed by atoms with van der Waals surface area (Å²) in [6, 6.07) is 3.87. The summed E-state index contributed by atoms with van der Waals surface area (Å²) in [5.74, 6) is 1.03. The molecule has 0 aromatic carbocycles. The van der Waals surface area contributed by atoms with Crippen LogP contribution >= 0.6 is 0 Å². The third-order valence-electron chi connectivity index (χ3n) is 4.97. The predicted molar refractivity (Wildman–Crippen MR) is 82.0 cm³/mol. The van der Waals surface area contributed by atoms with Crippen molar-refractivity contribution in [1.29, 1.82) is 0 Å². The number of fused-ring (bicyclic) bond motifs is 2. The summed E-state index contributed by atoms with van der Waals surface area (Å²) in [6.45, 7) is 3.66. The summed E-state index contributed by atoms with van der Waals surface area (Å²) >= 11 is 0. The van der Waals surface area contributed by atoms with Crippen LogP contribution in [0.25, 0.3) is 0 Å². The normalized spacial score (nSPS) is 31.2. The molecule has 1 aliphatic carbocycles. The number of morpholine rings is 1. The highest BCUT2D eigenvalue weighted by atomic mass is 16.5. The van der Waals surface area contributed by atoms with E-state index in [2.05, 4.69) is 15.2 Å². The molecule has 1 amide bonds. The number of hydrogen-bond acceptors (Lipinski definition) is 4. The number of carbonyl (C=O) groups is 1. The first-order chi connectivity index (χ1) is 10.8. The molecule has 0 radical (unpaired) electrons. The Labute approximate surface area is 131 Å². The van der Waals surface area contributed by atoms with Crippen molar-refractivity contribution in [2.45, 2.75) is 38.0 Å². The van der Waals surface area contributed by atoms with Gasteiger partial charge in [0.1, 0.15) is 0 Å². The van der Waals surface area contributed by atoms with E-state index in [1.165, 1.54) is 19.4 Å². The minimum atomic E-state index is 0.00544. The van der Waals surface area contributed by atoms with Gasteiger partial charge in [0.2, 0.25) is 5.91 Å². The highest BCUT2D eigenvalue weighted by Gasteiger charge is 2.45. The Morgan fingerprint density at radius 2 is 2.32 bits per heavy atom. The maximum atomic E-state index is 12.5. The number of amides is 1. The van der Waals surface area contributed by atoms with Gasteiger partial charge in [-0.25, -0.2) is 0 Å². The molecule has 3 aliphatic rings. The van der Waals surface area contributed by atoms with Crippen LogP contribution < -0.4 is 5.32 Å². The third-order valence-corrected chi connectivity index (χ3v) is 4.97. The van der Waals surface area contributed by atoms with Gasteiger partial charge in [0.25, 0.3) is 0 Å². The summed E-state index contributed by atoms with van der Waals surface area (Å²) in [5.41, 5.74) is 1.04. The average molecular weight is 301 g/mol. The first kappa shape index (κ1) is 14.2. The van der Waals surface area contributed by atoms with Gasteiger partial charge in [-0.1, -0.05) is 6.07 Å². The monoisotopic (exact) mass is 301 g/mol. The fourth-order valence-corrected chi connectivity index (χ4v) is 3.65. The van der Waals surface area contributed by atoms with Gasteiger partial charge < -0.3 is 10.1 Å². The second-order valence-electron chi connectivity index (χ2n) is 6.88. The zero-order valence-corrected chi connectivity index (χ0v) is 12.8. The molecule has 5 heteroatoms. The lowest BCUT2D eigenvalue weighted by Gasteiger charge is -2.32. The third kappa shape index (κ3) is 3.15. The zero-order chi connectivity index (χ0) is 14.9. The molecule has 3 heterocycles. The van der Waals surface area contributed by atoms with Crippen molar-refractivity contribution in [3.8, 4) is 0 Å². The highest BCUT2D eigenvalue weighted by molar-refractivity contribution is 5.79. The first-order valence-corrected chi connectivity index (χ1v) is 8.32. The van der Waals surface area contributed by atoms with Gasteiger partial charge >= 0.3 is 0 Å². The molecule has 2 saturated heterocycles. The predicted octanol–water partition coefficient (Wildman–Crippen LogP) is 1.20. The lowest BCUT2D eigenvalue weighted by atomic mass is 9.99. The van der Waals surface area contributed by atoms with E-state index in [0.717, 1.165) is 31.0 Å². The van der Waals surface area contributed by atoms with Gasteiger partial charge in [0.15, 0.2) is 0 Å². The van der Waals surface area contributed by atoms with Crippen molar-refractivity contribution >= 4 is 5.91 Å². The van der Waals surface area contributed by atoms with E-state index in [1.54, 1.807) is 12.4 Å². The molecule has 3 fully saturated rings. The maximum absolute atomic E-state index is 12.5. The largest absolute Gasteiger partial charge is 0.371 e. The highest BCUT2D eigenvalue weighted by Crippen LogP contribution is 2.35. The summed E-state index contributed by atoms with van der Waals surface area (Å²) in [6.07, 6.45) is 7.47. The quantitative estimate of drug-likeness (QED) is 0.888. The Bertz CT molecular complexity index is 532. The van der Waals surface area contributed by atoms with Crippen LogP contribution in [-0.4, -0.2) is 47.6 Å². The van der Waals surface area contributed by atoms with E-state index in [9.17, 15) is 4.79 Å². The lowest BCUT2D eigenvalue weighted by Crippen LogP contribution is -2.46. The number of nitrogens with one attached hydrogen (secondary N) is 1. The summed E-state index contributed by atoms with van der Waals surface area (Å²) in [5, 5.41) is 3.04. The van der Waals surface area contributed by atoms with Gasteiger partial charge in [-0.15, -0.1) is 0 Å². The second-order valence-corrected chi connectivity index (χ2v) is 6.88. The fourth-order valence-electron chi connectivity index (χ4n) is 3.65. The van der Waals surface area contributed by atoms with E-state index in [-0.39, 0.29) is 24.0 Å². The van der Waals surface area contributed by atoms with Crippen LogP contribution in [0, 0.1) is 11.8 Å². The van der Waals surface area contributed by atoms with Crippen molar-refractivity contribution in [2.75, 3.05) is 19.6 Å². The molecule has 4 rings (SSSR count). The van der Waals surface area contributed by atoms with Gasteiger partial charge in [-0.2, -0.15) is 0 Å². The molecule has 0 spiro atoms. The standard InChI is InChI=1S/C17H23N3O2/c21-17(19-8-13-2-1-5-18-7-13)15-6-14-10-20(9-12-3-4-12)11-16(15)22-14/h1-2,5,7,12,14-16H,3-4,6,8-11H2,(H,19,21)/t14-,15+,16+/m0/s1. The van der Waals surface area contributed by atoms with Crippen molar-refractivity contribution < 1.29 is 9.53 Å². The number of aromatic nitrogens is 1. The molecular formula is C17H23N3O2. The molecule has 1 aromatic rings. The fraction of sp³-hybridized carbons (Fsp3) is 0.647. The Morgan fingerprint density at radius 3 is 3.09 bits per heavy atom. The Morgan fingerprint density at radius 1 is 1.41 bits per heavy atom. The first-order valence-electron chi connectivity index (χ1n) is 8.32. The van der Waals surface area contributed by atoms with Gasteiger partial charge in [-0.3, -0.25) is 14.7 Å². The molecule has 118 valence electrons. The van der Waals surface area contributed by atoms with Crippen LogP contribution in [-0.2, 0) is 16.1 Å². The topological polar surface area (TPSA) is 54.5 Å². The summed E-state index contributed by atoms with van der Waals surface area (Å²) in [7, 11) is 0. The van der Waals surface area contributed by atoms with Crippen LogP contribution in [0.2, 0.25) is 0 Å². The number of rotatable bonds is 5. The molecule has 1 aromatic heterocycles. The van der Waals surface area contributed by atoms with E-state index < -0.39 is 0 Å². The number of pyridine rings is 1. The van der Waals surface area contributed by atoms with Crippen molar-refractivity contribution in [1.82, 2.24) is 15.2 Å². The van der Waals surface area contributed by atoms with Crippen molar-refractivity contribution in [3.05, 3.63) is 30.1 Å². The number of hydrogen-bond donors (Lipinski definition) is 1. The number of likely N-dealkylation sites (tertiary alicyclic amines) is 1. The van der Waals surface area contributed by atoms with E-state index in [4.69, 9.17) is 4.74 Å². The van der Waals surface area contributed by atoms with Crippen LogP contribution in [0.5, 0.6) is 0 Å². The molecule has 2 bridgehead atoms. The Balaban J connectivity index is 1.31. The maximum Gasteiger partial charge on any atom is 0.226 e. The molecule has 1 saturated carbocycles. The minimum Gasteiger partial charge on any atom is -0.371 e. The molecule has 5 nitrogen and oxygen atoms in total. The van der Waals surface area contributed by atoms with Crippen LogP contribution in [0.15, 0.2) is 24.5 Å². The van der Waals surface area contributed by atoms with Crippen LogP contribution in [0.1, 0.15) is 24.8 Å². The van der Waals surface area contributed by atoms with Gasteiger partial charge in [0.05, 0.1) is 18.1 Å². The molecular weight excluding hydrogens is 278 g/mol. The molecule has 3 atom stereocenters. The molecule has 0 unspecified atom stereocenters. The van der Waals surface area contributed by atoms with E-state index in [1.807, 2.05) is 12.1 Å². The molecule has 22 heavy (non-hydrogen) atoms. The Hall–Kier alpha value is -1.46. The second kappa shape index (κ2) is 5.97.